The minimum atomic E-state index is 0.327. The van der Waals surface area contributed by atoms with E-state index in [0.29, 0.717) is 11.9 Å². The second-order valence-corrected chi connectivity index (χ2v) is 7.44. The molecule has 140 valence electrons. The van der Waals surface area contributed by atoms with E-state index < -0.39 is 0 Å². The summed E-state index contributed by atoms with van der Waals surface area (Å²) in [6, 6.07) is 4.48. The van der Waals surface area contributed by atoms with Gasteiger partial charge in [0.2, 0.25) is 5.91 Å². The van der Waals surface area contributed by atoms with Crippen LogP contribution in [-0.2, 0) is 4.79 Å². The third-order valence-electron chi connectivity index (χ3n) is 5.61. The highest BCUT2D eigenvalue weighted by Crippen LogP contribution is 2.21. The van der Waals surface area contributed by atoms with Crippen LogP contribution in [0.2, 0.25) is 0 Å². The van der Waals surface area contributed by atoms with Gasteiger partial charge in [0.25, 0.3) is 0 Å². The molecule has 2 saturated heterocycles. The van der Waals surface area contributed by atoms with Gasteiger partial charge in [-0.1, -0.05) is 6.42 Å². The Bertz CT molecular complexity index is 783. The molecule has 0 radical (unpaired) electrons. The second kappa shape index (κ2) is 7.19. The summed E-state index contributed by atoms with van der Waals surface area (Å²) >= 11 is 0. The van der Waals surface area contributed by atoms with E-state index in [9.17, 15) is 4.79 Å². The molecule has 0 unspecified atom stereocenters. The highest BCUT2D eigenvalue weighted by atomic mass is 16.2. The molecular formula is C18H27N7O. The van der Waals surface area contributed by atoms with E-state index in [4.69, 9.17) is 0 Å². The van der Waals surface area contributed by atoms with Crippen LogP contribution >= 0.6 is 0 Å². The van der Waals surface area contributed by atoms with Crippen molar-refractivity contribution in [1.82, 2.24) is 29.6 Å². The molecule has 4 heterocycles. The Labute approximate surface area is 153 Å². The van der Waals surface area contributed by atoms with Gasteiger partial charge in [-0.25, -0.2) is 0 Å². The quantitative estimate of drug-likeness (QED) is 0.794. The van der Waals surface area contributed by atoms with Crippen LogP contribution in [0.3, 0.4) is 0 Å². The first kappa shape index (κ1) is 17.2. The molecule has 0 aliphatic carbocycles. The number of aryl methyl sites for hydroxylation is 1. The van der Waals surface area contributed by atoms with Gasteiger partial charge in [-0.15, -0.1) is 15.3 Å². The van der Waals surface area contributed by atoms with E-state index in [2.05, 4.69) is 32.1 Å². The lowest BCUT2D eigenvalue weighted by atomic mass is 10.1. The maximum Gasteiger partial charge on any atom is 0.222 e. The molecule has 0 N–H and O–H groups in total. The van der Waals surface area contributed by atoms with Gasteiger partial charge in [-0.05, 0) is 38.9 Å². The number of nitrogens with zero attached hydrogens (tertiary/aromatic N) is 7. The van der Waals surface area contributed by atoms with Crippen LogP contribution in [-0.4, -0.2) is 81.3 Å². The molecule has 2 aliphatic rings. The molecule has 26 heavy (non-hydrogen) atoms. The van der Waals surface area contributed by atoms with Crippen molar-refractivity contribution in [3.05, 3.63) is 18.0 Å². The summed E-state index contributed by atoms with van der Waals surface area (Å²) < 4.78 is 1.79. The fraction of sp³-hybridized carbons (Fsp3) is 0.667. The van der Waals surface area contributed by atoms with Crippen molar-refractivity contribution in [2.75, 3.05) is 44.7 Å². The second-order valence-electron chi connectivity index (χ2n) is 7.44. The van der Waals surface area contributed by atoms with Crippen LogP contribution < -0.4 is 4.90 Å². The maximum atomic E-state index is 12.1. The van der Waals surface area contributed by atoms with Crippen molar-refractivity contribution in [3.8, 4) is 0 Å². The molecular weight excluding hydrogens is 330 g/mol. The molecule has 2 aliphatic heterocycles. The Morgan fingerprint density at radius 3 is 2.88 bits per heavy atom. The number of likely N-dealkylation sites (N-methyl/N-ethyl adjacent to an activating group) is 1. The van der Waals surface area contributed by atoms with Gasteiger partial charge in [0.1, 0.15) is 5.82 Å². The lowest BCUT2D eigenvalue weighted by molar-refractivity contribution is -0.130. The average Bonchev–Trinajstić information content (AvgIpc) is 2.83. The molecule has 0 spiro atoms. The number of anilines is 1. The number of likely N-dealkylation sites (tertiary alicyclic amines) is 1. The third-order valence-corrected chi connectivity index (χ3v) is 5.61. The molecule has 2 fully saturated rings. The molecule has 0 bridgehead atoms. The highest BCUT2D eigenvalue weighted by Gasteiger charge is 2.31. The zero-order chi connectivity index (χ0) is 18.1. The van der Waals surface area contributed by atoms with Crippen LogP contribution in [0.5, 0.6) is 0 Å². The Hall–Kier alpha value is -2.22. The minimum absolute atomic E-state index is 0.327. The lowest BCUT2D eigenvalue weighted by Gasteiger charge is -2.45. The van der Waals surface area contributed by atoms with Gasteiger partial charge in [0.05, 0.1) is 0 Å². The third kappa shape index (κ3) is 3.38. The Morgan fingerprint density at radius 1 is 1.19 bits per heavy atom. The van der Waals surface area contributed by atoms with E-state index in [0.717, 1.165) is 69.3 Å². The van der Waals surface area contributed by atoms with Crippen molar-refractivity contribution in [2.24, 2.45) is 0 Å². The van der Waals surface area contributed by atoms with Crippen LogP contribution in [0.15, 0.2) is 12.1 Å². The summed E-state index contributed by atoms with van der Waals surface area (Å²) in [6.45, 7) is 6.53. The van der Waals surface area contributed by atoms with Crippen molar-refractivity contribution >= 4 is 17.4 Å². The number of carbonyl (C=O) groups excluding carboxylic acids is 1. The van der Waals surface area contributed by atoms with E-state index in [1.54, 1.807) is 4.52 Å². The van der Waals surface area contributed by atoms with E-state index >= 15 is 0 Å². The smallest absolute Gasteiger partial charge is 0.222 e. The number of carbonyl (C=O) groups is 1. The Balaban J connectivity index is 1.29. The van der Waals surface area contributed by atoms with E-state index in [1.165, 1.54) is 6.42 Å². The van der Waals surface area contributed by atoms with Gasteiger partial charge < -0.3 is 9.80 Å². The van der Waals surface area contributed by atoms with Gasteiger partial charge in [0, 0.05) is 45.2 Å². The molecule has 8 heteroatoms. The number of fused-ring (bicyclic) bond motifs is 1. The van der Waals surface area contributed by atoms with Crippen LogP contribution in [0.25, 0.3) is 5.65 Å². The Kier molecular flexibility index (Phi) is 4.76. The van der Waals surface area contributed by atoms with Gasteiger partial charge in [-0.2, -0.15) is 4.52 Å². The first-order valence-electron chi connectivity index (χ1n) is 9.54. The molecule has 2 aromatic rings. The summed E-state index contributed by atoms with van der Waals surface area (Å²) in [5.74, 6) is 2.10. The SMILES string of the molecule is Cc1nnc2ccc(N3CC(N(C)CCN4CCCCCC4=O)C3)nn12. The van der Waals surface area contributed by atoms with Crippen molar-refractivity contribution < 1.29 is 4.79 Å². The fourth-order valence-electron chi connectivity index (χ4n) is 3.71. The zero-order valence-corrected chi connectivity index (χ0v) is 15.6. The standard InChI is InChI=1S/C18H27N7O/c1-14-19-20-16-7-8-17(21-25(14)16)24-12-15(13-24)22(2)10-11-23-9-5-3-4-6-18(23)26/h7-8,15H,3-6,9-13H2,1-2H3. The number of aromatic nitrogens is 4. The van der Waals surface area contributed by atoms with Gasteiger partial charge in [-0.3, -0.25) is 9.69 Å². The summed E-state index contributed by atoms with van der Waals surface area (Å²) in [6.07, 6.45) is 4.09. The normalized spacial score (nSPS) is 19.3. The molecule has 2 aromatic heterocycles. The molecule has 0 saturated carbocycles. The maximum absolute atomic E-state index is 12.1. The van der Waals surface area contributed by atoms with E-state index in [-0.39, 0.29) is 0 Å². The summed E-state index contributed by atoms with van der Waals surface area (Å²) in [5, 5.41) is 12.8. The predicted molar refractivity (Wildman–Crippen MR) is 99.2 cm³/mol. The number of amides is 1. The molecule has 0 atom stereocenters. The van der Waals surface area contributed by atoms with Crippen molar-refractivity contribution in [1.29, 1.82) is 0 Å². The molecule has 1 amide bonds. The van der Waals surface area contributed by atoms with Gasteiger partial charge in [0.15, 0.2) is 11.5 Å². The van der Waals surface area contributed by atoms with E-state index in [1.807, 2.05) is 24.0 Å². The zero-order valence-electron chi connectivity index (χ0n) is 15.6. The Morgan fingerprint density at radius 2 is 2.04 bits per heavy atom. The lowest BCUT2D eigenvalue weighted by Crippen LogP contribution is -2.59. The molecule has 0 aromatic carbocycles. The van der Waals surface area contributed by atoms with Crippen molar-refractivity contribution in [3.63, 3.8) is 0 Å². The first-order valence-corrected chi connectivity index (χ1v) is 9.54. The average molecular weight is 357 g/mol. The molecule has 4 rings (SSSR count). The van der Waals surface area contributed by atoms with Crippen LogP contribution in [0.4, 0.5) is 5.82 Å². The number of rotatable bonds is 5. The summed E-state index contributed by atoms with van der Waals surface area (Å²) in [5.41, 5.74) is 0.780. The van der Waals surface area contributed by atoms with Crippen LogP contribution in [0, 0.1) is 6.92 Å². The van der Waals surface area contributed by atoms with Crippen LogP contribution in [0.1, 0.15) is 31.5 Å². The predicted octanol–water partition coefficient (Wildman–Crippen LogP) is 0.956. The number of hydrogen-bond donors (Lipinski definition) is 0. The monoisotopic (exact) mass is 357 g/mol. The summed E-state index contributed by atoms with van der Waals surface area (Å²) in [4.78, 5) is 18.8. The van der Waals surface area contributed by atoms with Crippen molar-refractivity contribution in [2.45, 2.75) is 38.6 Å². The minimum Gasteiger partial charge on any atom is -0.352 e. The topological polar surface area (TPSA) is 69.9 Å². The fourth-order valence-corrected chi connectivity index (χ4v) is 3.71. The highest BCUT2D eigenvalue weighted by molar-refractivity contribution is 5.76. The van der Waals surface area contributed by atoms with Gasteiger partial charge >= 0.3 is 0 Å². The largest absolute Gasteiger partial charge is 0.352 e. The first-order chi connectivity index (χ1) is 12.6. The number of hydrogen-bond acceptors (Lipinski definition) is 6. The molecule has 8 nitrogen and oxygen atoms in total. The summed E-state index contributed by atoms with van der Waals surface area (Å²) in [7, 11) is 2.16.